The summed E-state index contributed by atoms with van der Waals surface area (Å²) >= 11 is 0. The first-order valence-corrected chi connectivity index (χ1v) is 8.74. The maximum absolute atomic E-state index is 12.5. The summed E-state index contributed by atoms with van der Waals surface area (Å²) in [7, 11) is 3.40. The monoisotopic (exact) mass is 334 g/mol. The van der Waals surface area contributed by atoms with E-state index in [1.807, 2.05) is 24.3 Å². The molecule has 5 heteroatoms. The summed E-state index contributed by atoms with van der Waals surface area (Å²) in [6.07, 6.45) is 2.34. The molecule has 0 unspecified atom stereocenters. The van der Waals surface area contributed by atoms with E-state index in [0.29, 0.717) is 18.1 Å². The fourth-order valence-electron chi connectivity index (χ4n) is 3.30. The average Bonchev–Trinajstić information content (AvgIpc) is 2.60. The summed E-state index contributed by atoms with van der Waals surface area (Å²) in [4.78, 5) is 15.0. The minimum absolute atomic E-state index is 0.00512. The van der Waals surface area contributed by atoms with Crippen LogP contribution in [0.3, 0.4) is 0 Å². The zero-order valence-electron chi connectivity index (χ0n) is 15.1. The highest BCUT2D eigenvalue weighted by Crippen LogP contribution is 2.20. The van der Waals surface area contributed by atoms with Crippen LogP contribution in [-0.2, 0) is 16.1 Å². The molecule has 1 aliphatic rings. The second kappa shape index (κ2) is 9.77. The molecule has 0 spiro atoms. The highest BCUT2D eigenvalue weighted by molar-refractivity contribution is 5.94. The highest BCUT2D eigenvalue weighted by atomic mass is 16.5. The van der Waals surface area contributed by atoms with Crippen LogP contribution in [0.4, 0.5) is 0 Å². The predicted octanol–water partition coefficient (Wildman–Crippen LogP) is 2.31. The van der Waals surface area contributed by atoms with E-state index < -0.39 is 0 Å². The lowest BCUT2D eigenvalue weighted by molar-refractivity contribution is 0.0854. The number of amides is 1. The summed E-state index contributed by atoms with van der Waals surface area (Å²) in [5.74, 6) is 0.483. The predicted molar refractivity (Wildman–Crippen MR) is 95.1 cm³/mol. The molecule has 2 rings (SSSR count). The van der Waals surface area contributed by atoms with Crippen molar-refractivity contribution in [1.82, 2.24) is 10.2 Å². The van der Waals surface area contributed by atoms with Crippen molar-refractivity contribution in [1.29, 1.82) is 0 Å². The van der Waals surface area contributed by atoms with E-state index in [1.165, 1.54) is 6.42 Å². The zero-order chi connectivity index (χ0) is 17.4. The standard InChI is InChI=1S/C19H30N2O3/c1-15(18-8-5-9-21(13-18)10-11-23-2)20-19(22)17-7-4-6-16(12-17)14-24-3/h4,6-7,12,15,18H,5,8-11,13-14H2,1-3H3,(H,20,22)/t15-,18+/m1/s1. The molecule has 5 nitrogen and oxygen atoms in total. The van der Waals surface area contributed by atoms with Gasteiger partial charge in [-0.05, 0) is 49.9 Å². The molecule has 1 aliphatic heterocycles. The Bertz CT molecular complexity index is 521. The van der Waals surface area contributed by atoms with Gasteiger partial charge in [-0.2, -0.15) is 0 Å². The van der Waals surface area contributed by atoms with Gasteiger partial charge < -0.3 is 19.7 Å². The number of hydrogen-bond donors (Lipinski definition) is 1. The number of carbonyl (C=O) groups excluding carboxylic acids is 1. The van der Waals surface area contributed by atoms with Crippen LogP contribution in [0.25, 0.3) is 0 Å². The molecule has 1 heterocycles. The van der Waals surface area contributed by atoms with Crippen molar-refractivity contribution in [3.05, 3.63) is 35.4 Å². The number of nitrogens with zero attached hydrogens (tertiary/aromatic N) is 1. The number of carbonyl (C=O) groups is 1. The number of hydrogen-bond acceptors (Lipinski definition) is 4. The SMILES string of the molecule is COCCN1CCC[C@H]([C@@H](C)NC(=O)c2cccc(COC)c2)C1. The van der Waals surface area contributed by atoms with Gasteiger partial charge in [0, 0.05) is 38.9 Å². The van der Waals surface area contributed by atoms with Crippen LogP contribution in [-0.4, -0.2) is 57.3 Å². The minimum atomic E-state index is -0.00512. The van der Waals surface area contributed by atoms with Crippen molar-refractivity contribution >= 4 is 5.91 Å². The summed E-state index contributed by atoms with van der Waals surface area (Å²) in [5, 5.41) is 3.17. The number of piperidine rings is 1. The van der Waals surface area contributed by atoms with Gasteiger partial charge in [0.25, 0.3) is 5.91 Å². The number of methoxy groups -OCH3 is 2. The Hall–Kier alpha value is -1.43. The van der Waals surface area contributed by atoms with Crippen molar-refractivity contribution in [2.45, 2.75) is 32.4 Å². The van der Waals surface area contributed by atoms with Gasteiger partial charge in [0.05, 0.1) is 13.2 Å². The van der Waals surface area contributed by atoms with E-state index in [1.54, 1.807) is 14.2 Å². The Balaban J connectivity index is 1.89. The summed E-state index contributed by atoms with van der Waals surface area (Å²) in [6.45, 7) is 6.51. The first kappa shape index (κ1) is 18.9. The lowest BCUT2D eigenvalue weighted by Crippen LogP contribution is -2.46. The van der Waals surface area contributed by atoms with E-state index in [9.17, 15) is 4.79 Å². The minimum Gasteiger partial charge on any atom is -0.383 e. The molecule has 0 aromatic heterocycles. The zero-order valence-corrected chi connectivity index (χ0v) is 15.1. The van der Waals surface area contributed by atoms with Gasteiger partial charge in [0.15, 0.2) is 0 Å². The molecule has 0 aliphatic carbocycles. The van der Waals surface area contributed by atoms with Crippen molar-refractivity contribution in [3.63, 3.8) is 0 Å². The van der Waals surface area contributed by atoms with Crippen LogP contribution in [0.15, 0.2) is 24.3 Å². The third-order valence-corrected chi connectivity index (χ3v) is 4.72. The molecule has 1 amide bonds. The normalized spacial score (nSPS) is 19.9. The molecule has 0 saturated carbocycles. The van der Waals surface area contributed by atoms with Crippen LogP contribution < -0.4 is 5.32 Å². The first-order valence-electron chi connectivity index (χ1n) is 8.74. The van der Waals surface area contributed by atoms with Crippen LogP contribution in [0.5, 0.6) is 0 Å². The van der Waals surface area contributed by atoms with Gasteiger partial charge in [-0.15, -0.1) is 0 Å². The Labute approximate surface area is 145 Å². The number of rotatable bonds is 8. The largest absolute Gasteiger partial charge is 0.383 e. The number of benzene rings is 1. The number of nitrogens with one attached hydrogen (secondary N) is 1. The van der Waals surface area contributed by atoms with Gasteiger partial charge in [-0.3, -0.25) is 4.79 Å². The topological polar surface area (TPSA) is 50.8 Å². The molecule has 1 saturated heterocycles. The highest BCUT2D eigenvalue weighted by Gasteiger charge is 2.25. The quantitative estimate of drug-likeness (QED) is 0.793. The van der Waals surface area contributed by atoms with Crippen LogP contribution >= 0.6 is 0 Å². The van der Waals surface area contributed by atoms with Crippen molar-refractivity contribution in [2.24, 2.45) is 5.92 Å². The van der Waals surface area contributed by atoms with Gasteiger partial charge in [0.1, 0.15) is 0 Å². The molecule has 1 N–H and O–H groups in total. The Kier molecular flexibility index (Phi) is 7.69. The summed E-state index contributed by atoms with van der Waals surface area (Å²) in [5.41, 5.74) is 1.71. The van der Waals surface area contributed by atoms with Gasteiger partial charge in [-0.25, -0.2) is 0 Å². The molecule has 1 aromatic carbocycles. The average molecular weight is 334 g/mol. The van der Waals surface area contributed by atoms with E-state index in [-0.39, 0.29) is 11.9 Å². The molecular weight excluding hydrogens is 304 g/mol. The van der Waals surface area contributed by atoms with E-state index >= 15 is 0 Å². The number of ether oxygens (including phenoxy) is 2. The second-order valence-electron chi connectivity index (χ2n) is 6.59. The third kappa shape index (κ3) is 5.58. The molecule has 0 radical (unpaired) electrons. The van der Waals surface area contributed by atoms with Crippen molar-refractivity contribution in [3.8, 4) is 0 Å². The maximum Gasteiger partial charge on any atom is 0.251 e. The second-order valence-corrected chi connectivity index (χ2v) is 6.59. The smallest absolute Gasteiger partial charge is 0.251 e. The van der Waals surface area contributed by atoms with Gasteiger partial charge in [-0.1, -0.05) is 12.1 Å². The van der Waals surface area contributed by atoms with Gasteiger partial charge in [0.2, 0.25) is 0 Å². The van der Waals surface area contributed by atoms with Gasteiger partial charge >= 0.3 is 0 Å². The lowest BCUT2D eigenvalue weighted by Gasteiger charge is -2.35. The van der Waals surface area contributed by atoms with Crippen molar-refractivity contribution < 1.29 is 14.3 Å². The van der Waals surface area contributed by atoms with E-state index in [4.69, 9.17) is 9.47 Å². The molecular formula is C19H30N2O3. The first-order chi connectivity index (χ1) is 11.6. The molecule has 0 bridgehead atoms. The third-order valence-electron chi connectivity index (χ3n) is 4.72. The van der Waals surface area contributed by atoms with Crippen LogP contribution in [0, 0.1) is 5.92 Å². The van der Waals surface area contributed by atoms with Crippen molar-refractivity contribution in [2.75, 3.05) is 40.5 Å². The summed E-state index contributed by atoms with van der Waals surface area (Å²) in [6, 6.07) is 7.79. The molecule has 24 heavy (non-hydrogen) atoms. The molecule has 1 aromatic rings. The summed E-state index contributed by atoms with van der Waals surface area (Å²) < 4.78 is 10.3. The molecule has 1 fully saturated rings. The van der Waals surface area contributed by atoms with E-state index in [0.717, 1.165) is 38.2 Å². The Morgan fingerprint density at radius 2 is 2.21 bits per heavy atom. The fourth-order valence-corrected chi connectivity index (χ4v) is 3.30. The van der Waals surface area contributed by atoms with E-state index in [2.05, 4.69) is 17.1 Å². The molecule has 134 valence electrons. The van der Waals surface area contributed by atoms with Crippen LogP contribution in [0.2, 0.25) is 0 Å². The molecule has 2 atom stereocenters. The Morgan fingerprint density at radius 3 is 2.96 bits per heavy atom. The van der Waals surface area contributed by atoms with Crippen LogP contribution in [0.1, 0.15) is 35.7 Å². The lowest BCUT2D eigenvalue weighted by atomic mass is 9.91. The number of likely N-dealkylation sites (tertiary alicyclic amines) is 1. The Morgan fingerprint density at radius 1 is 1.38 bits per heavy atom. The maximum atomic E-state index is 12.5. The fraction of sp³-hybridized carbons (Fsp3) is 0.632.